The van der Waals surface area contributed by atoms with Gasteiger partial charge in [0, 0.05) is 0 Å². The first-order chi connectivity index (χ1) is 15.0. The Morgan fingerprint density at radius 1 is 1.10 bits per heavy atom. The molecule has 0 bridgehead atoms. The maximum absolute atomic E-state index is 13.7. The number of hydrogen-bond donors (Lipinski definition) is 1. The number of rotatable bonds is 4. The summed E-state index contributed by atoms with van der Waals surface area (Å²) in [6.07, 6.45) is 0. The molecular formula is C21H12ClFN4O2S2. The van der Waals surface area contributed by atoms with Gasteiger partial charge in [0.25, 0.3) is 11.1 Å². The second-order valence-electron chi connectivity index (χ2n) is 6.59. The van der Waals surface area contributed by atoms with E-state index in [1.807, 2.05) is 5.38 Å². The van der Waals surface area contributed by atoms with E-state index in [2.05, 4.69) is 15.0 Å². The van der Waals surface area contributed by atoms with E-state index in [4.69, 9.17) is 11.6 Å². The number of fused-ring (bicyclic) bond motifs is 2. The van der Waals surface area contributed by atoms with Crippen molar-refractivity contribution in [3.05, 3.63) is 91.3 Å². The van der Waals surface area contributed by atoms with Crippen molar-refractivity contribution >= 4 is 55.8 Å². The fourth-order valence-electron chi connectivity index (χ4n) is 3.18. The lowest BCUT2D eigenvalue weighted by Gasteiger charge is -2.13. The van der Waals surface area contributed by atoms with Crippen molar-refractivity contribution in [3.63, 3.8) is 0 Å². The molecule has 0 saturated carbocycles. The zero-order chi connectivity index (χ0) is 21.5. The van der Waals surface area contributed by atoms with E-state index < -0.39 is 5.82 Å². The number of nitrogens with one attached hydrogen (secondary N) is 1. The Kier molecular flexibility index (Phi) is 5.09. The summed E-state index contributed by atoms with van der Waals surface area (Å²) in [5, 5.41) is 2.52. The second-order valence-corrected chi connectivity index (χ2v) is 8.85. The Labute approximate surface area is 187 Å². The molecule has 31 heavy (non-hydrogen) atoms. The van der Waals surface area contributed by atoms with Gasteiger partial charge in [-0.25, -0.2) is 14.4 Å². The molecule has 2 aromatic carbocycles. The van der Waals surface area contributed by atoms with Crippen LogP contribution in [0.4, 0.5) is 4.39 Å². The van der Waals surface area contributed by atoms with Crippen molar-refractivity contribution in [1.82, 2.24) is 19.5 Å². The molecule has 3 aromatic heterocycles. The molecule has 5 rings (SSSR count). The van der Waals surface area contributed by atoms with Gasteiger partial charge in [-0.2, -0.15) is 0 Å². The Hall–Kier alpha value is -3.01. The molecule has 0 aliphatic rings. The van der Waals surface area contributed by atoms with Crippen LogP contribution in [0.25, 0.3) is 26.8 Å². The quantitative estimate of drug-likeness (QED) is 0.302. The van der Waals surface area contributed by atoms with Gasteiger partial charge in [0.15, 0.2) is 5.16 Å². The number of benzene rings is 2. The molecule has 10 heteroatoms. The van der Waals surface area contributed by atoms with Gasteiger partial charge in [0.1, 0.15) is 16.3 Å². The molecule has 0 amide bonds. The number of aromatic amines is 1. The van der Waals surface area contributed by atoms with Crippen LogP contribution in [0.5, 0.6) is 0 Å². The Balaban J connectivity index is 1.63. The number of nitrogens with zero attached hydrogens (tertiary/aromatic N) is 3. The van der Waals surface area contributed by atoms with E-state index in [-0.39, 0.29) is 21.9 Å². The molecule has 0 radical (unpaired) electrons. The third kappa shape index (κ3) is 3.65. The van der Waals surface area contributed by atoms with Gasteiger partial charge < -0.3 is 4.98 Å². The first-order valence-electron chi connectivity index (χ1n) is 9.08. The van der Waals surface area contributed by atoms with Crippen molar-refractivity contribution in [3.8, 4) is 5.69 Å². The minimum absolute atomic E-state index is 0.0950. The number of hydrogen-bond acceptors (Lipinski definition) is 6. The molecule has 0 aliphatic heterocycles. The van der Waals surface area contributed by atoms with E-state index in [1.165, 1.54) is 45.9 Å². The monoisotopic (exact) mass is 470 g/mol. The highest BCUT2D eigenvalue weighted by atomic mass is 35.5. The van der Waals surface area contributed by atoms with Crippen LogP contribution < -0.4 is 11.1 Å². The molecular weight excluding hydrogens is 459 g/mol. The van der Waals surface area contributed by atoms with Crippen LogP contribution >= 0.6 is 34.7 Å². The number of thiophene rings is 1. The molecule has 0 atom stereocenters. The molecule has 1 N–H and O–H groups in total. The lowest BCUT2D eigenvalue weighted by molar-refractivity contribution is 0.627. The molecule has 6 nitrogen and oxygen atoms in total. The van der Waals surface area contributed by atoms with Crippen LogP contribution in [0.2, 0.25) is 5.02 Å². The maximum Gasteiger partial charge on any atom is 0.268 e. The summed E-state index contributed by atoms with van der Waals surface area (Å²) in [7, 11) is 0. The van der Waals surface area contributed by atoms with Crippen molar-refractivity contribution < 1.29 is 4.39 Å². The first kappa shape index (κ1) is 19.9. The molecule has 3 heterocycles. The fraction of sp³-hybridized carbons (Fsp3) is 0.0476. The standard InChI is InChI=1S/C21H12ClFN4O2S2/c22-13-9-11(5-6-14(13)23)27-20(29)12-3-1-2-4-15(12)25-21(27)31-10-17-24-16-7-8-30-18(16)19(28)26-17/h1-9H,10H2,(H,24,26,28). The summed E-state index contributed by atoms with van der Waals surface area (Å²) >= 11 is 8.52. The van der Waals surface area contributed by atoms with Crippen molar-refractivity contribution in [2.75, 3.05) is 0 Å². The molecule has 0 unspecified atom stereocenters. The van der Waals surface area contributed by atoms with Gasteiger partial charge in [0.05, 0.1) is 32.9 Å². The lowest BCUT2D eigenvalue weighted by atomic mass is 10.2. The van der Waals surface area contributed by atoms with Crippen LogP contribution in [0.15, 0.2) is 68.7 Å². The van der Waals surface area contributed by atoms with Crippen LogP contribution in [-0.4, -0.2) is 19.5 Å². The van der Waals surface area contributed by atoms with Gasteiger partial charge in [-0.1, -0.05) is 35.5 Å². The number of H-pyrrole nitrogens is 1. The van der Waals surface area contributed by atoms with Crippen molar-refractivity contribution in [2.45, 2.75) is 10.9 Å². The summed E-state index contributed by atoms with van der Waals surface area (Å²) in [6.45, 7) is 0. The molecule has 0 aliphatic carbocycles. The van der Waals surface area contributed by atoms with E-state index in [0.717, 1.165) is 0 Å². The second kappa shape index (κ2) is 7.92. The van der Waals surface area contributed by atoms with Gasteiger partial charge in [-0.15, -0.1) is 11.3 Å². The zero-order valence-corrected chi connectivity index (χ0v) is 18.0. The normalized spacial score (nSPS) is 11.4. The van der Waals surface area contributed by atoms with Gasteiger partial charge in [-0.05, 0) is 41.8 Å². The number of para-hydroxylation sites is 1. The summed E-state index contributed by atoms with van der Waals surface area (Å²) < 4.78 is 15.6. The van der Waals surface area contributed by atoms with Crippen LogP contribution in [0.3, 0.4) is 0 Å². The lowest BCUT2D eigenvalue weighted by Crippen LogP contribution is -2.22. The van der Waals surface area contributed by atoms with Crippen LogP contribution in [0.1, 0.15) is 5.82 Å². The van der Waals surface area contributed by atoms with Crippen molar-refractivity contribution in [2.24, 2.45) is 0 Å². The van der Waals surface area contributed by atoms with Crippen LogP contribution in [-0.2, 0) is 5.75 Å². The molecule has 5 aromatic rings. The largest absolute Gasteiger partial charge is 0.309 e. The molecule has 0 fully saturated rings. The van der Waals surface area contributed by atoms with E-state index >= 15 is 0 Å². The average Bonchev–Trinajstić information content (AvgIpc) is 3.24. The van der Waals surface area contributed by atoms with Crippen molar-refractivity contribution in [1.29, 1.82) is 0 Å². The molecule has 0 saturated heterocycles. The number of thioether (sulfide) groups is 1. The number of halogens is 2. The maximum atomic E-state index is 13.7. The summed E-state index contributed by atoms with van der Waals surface area (Å²) in [4.78, 5) is 37.4. The SMILES string of the molecule is O=c1[nH]c(CSc2nc3ccccc3c(=O)n2-c2ccc(F)c(Cl)c2)nc2ccsc12. The average molecular weight is 471 g/mol. The van der Waals surface area contributed by atoms with E-state index in [1.54, 1.807) is 30.3 Å². The minimum atomic E-state index is -0.577. The highest BCUT2D eigenvalue weighted by Crippen LogP contribution is 2.26. The number of aromatic nitrogens is 4. The minimum Gasteiger partial charge on any atom is -0.309 e. The van der Waals surface area contributed by atoms with Gasteiger partial charge >= 0.3 is 0 Å². The highest BCUT2D eigenvalue weighted by molar-refractivity contribution is 7.98. The van der Waals surface area contributed by atoms with E-state index in [0.29, 0.717) is 37.8 Å². The first-order valence-corrected chi connectivity index (χ1v) is 11.3. The Morgan fingerprint density at radius 2 is 1.94 bits per heavy atom. The fourth-order valence-corrected chi connectivity index (χ4v) is 4.97. The topological polar surface area (TPSA) is 80.6 Å². The summed E-state index contributed by atoms with van der Waals surface area (Å²) in [6, 6.07) is 12.8. The summed E-state index contributed by atoms with van der Waals surface area (Å²) in [5.41, 5.74) is 1.05. The molecule has 0 spiro atoms. The Morgan fingerprint density at radius 3 is 2.77 bits per heavy atom. The smallest absolute Gasteiger partial charge is 0.268 e. The Bertz CT molecular complexity index is 1580. The third-order valence-electron chi connectivity index (χ3n) is 4.61. The highest BCUT2D eigenvalue weighted by Gasteiger charge is 2.15. The molecule has 154 valence electrons. The zero-order valence-electron chi connectivity index (χ0n) is 15.6. The van der Waals surface area contributed by atoms with Crippen LogP contribution in [0, 0.1) is 5.82 Å². The van der Waals surface area contributed by atoms with E-state index in [9.17, 15) is 14.0 Å². The van der Waals surface area contributed by atoms with Gasteiger partial charge in [0.2, 0.25) is 0 Å². The van der Waals surface area contributed by atoms with Gasteiger partial charge in [-0.3, -0.25) is 14.2 Å². The predicted molar refractivity (Wildman–Crippen MR) is 122 cm³/mol. The summed E-state index contributed by atoms with van der Waals surface area (Å²) in [5.74, 6) is 0.167. The predicted octanol–water partition coefficient (Wildman–Crippen LogP) is 4.77. The third-order valence-corrected chi connectivity index (χ3v) is 6.75.